The van der Waals surface area contributed by atoms with Crippen molar-refractivity contribution in [1.82, 2.24) is 15.1 Å². The summed E-state index contributed by atoms with van der Waals surface area (Å²) in [4.78, 5) is 15.0. The van der Waals surface area contributed by atoms with Crippen LogP contribution in [0.2, 0.25) is 0 Å². The molecule has 1 fully saturated rings. The van der Waals surface area contributed by atoms with Gasteiger partial charge in [0.1, 0.15) is 12.4 Å². The van der Waals surface area contributed by atoms with E-state index in [9.17, 15) is 4.79 Å². The van der Waals surface area contributed by atoms with E-state index in [-0.39, 0.29) is 11.9 Å². The average molecular weight is 309 g/mol. The first-order valence-electron chi connectivity index (χ1n) is 8.05. The molecular formula is C18H19N3O2. The van der Waals surface area contributed by atoms with Gasteiger partial charge in [0.15, 0.2) is 0 Å². The minimum Gasteiger partial charge on any atom is -0.488 e. The van der Waals surface area contributed by atoms with Crippen molar-refractivity contribution in [3.63, 3.8) is 0 Å². The van der Waals surface area contributed by atoms with Crippen LogP contribution in [0.15, 0.2) is 42.1 Å². The van der Waals surface area contributed by atoms with Gasteiger partial charge in [-0.15, -0.1) is 0 Å². The smallest absolute Gasteiger partial charge is 0.253 e. The minimum absolute atomic E-state index is 0.0683. The standard InChI is InChI=1S/C18H19N3O2/c22-18(14-11-13-5-1-2-7-17(13)23-12-14)21-10-4-3-6-16(21)15-8-9-19-20-15/h1-2,5,7-9,11,16H,3-4,6,10,12H2,(H,19,20). The number of aromatic nitrogens is 2. The van der Waals surface area contributed by atoms with Crippen LogP contribution in [0.4, 0.5) is 0 Å². The molecule has 0 bridgehead atoms. The summed E-state index contributed by atoms with van der Waals surface area (Å²) >= 11 is 0. The molecule has 2 aromatic rings. The van der Waals surface area contributed by atoms with Crippen molar-refractivity contribution in [2.75, 3.05) is 13.2 Å². The number of nitrogens with one attached hydrogen (secondary N) is 1. The van der Waals surface area contributed by atoms with Crippen LogP contribution < -0.4 is 4.74 Å². The van der Waals surface area contributed by atoms with Crippen molar-refractivity contribution in [3.05, 3.63) is 53.4 Å². The van der Waals surface area contributed by atoms with Gasteiger partial charge >= 0.3 is 0 Å². The molecule has 1 N–H and O–H groups in total. The second-order valence-corrected chi connectivity index (χ2v) is 6.02. The highest BCUT2D eigenvalue weighted by molar-refractivity contribution is 5.99. The molecule has 0 saturated carbocycles. The third kappa shape index (κ3) is 2.63. The summed E-state index contributed by atoms with van der Waals surface area (Å²) in [6.07, 6.45) is 6.84. The van der Waals surface area contributed by atoms with Crippen LogP contribution in [-0.2, 0) is 4.79 Å². The largest absolute Gasteiger partial charge is 0.488 e. The lowest BCUT2D eigenvalue weighted by atomic mass is 9.97. The lowest BCUT2D eigenvalue weighted by Crippen LogP contribution is -2.40. The molecule has 0 aliphatic carbocycles. The van der Waals surface area contributed by atoms with E-state index in [4.69, 9.17) is 4.74 Å². The van der Waals surface area contributed by atoms with Gasteiger partial charge in [-0.1, -0.05) is 18.2 Å². The van der Waals surface area contributed by atoms with Gasteiger partial charge in [0.2, 0.25) is 0 Å². The second kappa shape index (κ2) is 5.91. The third-order valence-corrected chi connectivity index (χ3v) is 4.55. The number of carbonyl (C=O) groups is 1. The van der Waals surface area contributed by atoms with Crippen molar-refractivity contribution in [1.29, 1.82) is 0 Å². The molecule has 1 amide bonds. The van der Waals surface area contributed by atoms with E-state index in [0.29, 0.717) is 6.61 Å². The summed E-state index contributed by atoms with van der Waals surface area (Å²) in [5, 5.41) is 7.05. The highest BCUT2D eigenvalue weighted by atomic mass is 16.5. The fourth-order valence-corrected chi connectivity index (χ4v) is 3.37. The van der Waals surface area contributed by atoms with Gasteiger partial charge < -0.3 is 9.64 Å². The van der Waals surface area contributed by atoms with Gasteiger partial charge in [-0.3, -0.25) is 9.89 Å². The number of hydrogen-bond donors (Lipinski definition) is 1. The second-order valence-electron chi connectivity index (χ2n) is 6.02. The normalized spacial score (nSPS) is 20.4. The fraction of sp³-hybridized carbons (Fsp3) is 0.333. The van der Waals surface area contributed by atoms with Gasteiger partial charge in [-0.2, -0.15) is 5.10 Å². The molecule has 2 aliphatic heterocycles. The Balaban J connectivity index is 1.62. The molecule has 3 heterocycles. The van der Waals surface area contributed by atoms with Crippen LogP contribution in [0, 0.1) is 0 Å². The van der Waals surface area contributed by atoms with Crippen molar-refractivity contribution >= 4 is 12.0 Å². The van der Waals surface area contributed by atoms with Crippen LogP contribution in [-0.4, -0.2) is 34.2 Å². The first-order valence-corrected chi connectivity index (χ1v) is 8.05. The Labute approximate surface area is 135 Å². The summed E-state index contributed by atoms with van der Waals surface area (Å²) in [6.45, 7) is 1.11. The number of benzene rings is 1. The number of hydrogen-bond acceptors (Lipinski definition) is 3. The first-order chi connectivity index (χ1) is 11.3. The quantitative estimate of drug-likeness (QED) is 0.928. The Morgan fingerprint density at radius 1 is 1.26 bits per heavy atom. The predicted molar refractivity (Wildman–Crippen MR) is 86.8 cm³/mol. The molecular weight excluding hydrogens is 290 g/mol. The lowest BCUT2D eigenvalue weighted by Gasteiger charge is -2.36. The van der Waals surface area contributed by atoms with E-state index in [1.165, 1.54) is 0 Å². The summed E-state index contributed by atoms with van der Waals surface area (Å²) in [5.74, 6) is 0.909. The number of aromatic amines is 1. The highest BCUT2D eigenvalue weighted by Gasteiger charge is 2.31. The van der Waals surface area contributed by atoms with Gasteiger partial charge in [-0.05, 0) is 37.5 Å². The molecule has 4 rings (SSSR count). The SMILES string of the molecule is O=C(C1=Cc2ccccc2OC1)N1CCCCC1c1ccn[nH]1. The first kappa shape index (κ1) is 14.1. The molecule has 1 aromatic carbocycles. The van der Waals surface area contributed by atoms with Gasteiger partial charge in [-0.25, -0.2) is 0 Å². The van der Waals surface area contributed by atoms with Crippen LogP contribution in [0.25, 0.3) is 6.08 Å². The molecule has 5 nitrogen and oxygen atoms in total. The van der Waals surface area contributed by atoms with E-state index in [1.54, 1.807) is 6.20 Å². The van der Waals surface area contributed by atoms with Crippen LogP contribution in [0.3, 0.4) is 0 Å². The maximum atomic E-state index is 13.0. The molecule has 0 radical (unpaired) electrons. The minimum atomic E-state index is 0.0683. The fourth-order valence-electron chi connectivity index (χ4n) is 3.37. The number of para-hydroxylation sites is 1. The Kier molecular flexibility index (Phi) is 3.61. The van der Waals surface area contributed by atoms with E-state index < -0.39 is 0 Å². The number of nitrogens with zero attached hydrogens (tertiary/aromatic N) is 2. The number of likely N-dealkylation sites (tertiary alicyclic amines) is 1. The summed E-state index contributed by atoms with van der Waals surface area (Å²) in [7, 11) is 0. The molecule has 0 spiro atoms. The highest BCUT2D eigenvalue weighted by Crippen LogP contribution is 2.33. The number of rotatable bonds is 2. The number of amides is 1. The van der Waals surface area contributed by atoms with Gasteiger partial charge in [0, 0.05) is 18.3 Å². The zero-order valence-electron chi connectivity index (χ0n) is 12.9. The molecule has 1 aromatic heterocycles. The topological polar surface area (TPSA) is 58.2 Å². The Morgan fingerprint density at radius 2 is 2.17 bits per heavy atom. The lowest BCUT2D eigenvalue weighted by molar-refractivity contribution is -0.131. The van der Waals surface area contributed by atoms with Crippen molar-refractivity contribution < 1.29 is 9.53 Å². The predicted octanol–water partition coefficient (Wildman–Crippen LogP) is 2.94. The zero-order valence-corrected chi connectivity index (χ0v) is 12.9. The average Bonchev–Trinajstić information content (AvgIpc) is 3.15. The van der Waals surface area contributed by atoms with Gasteiger partial charge in [0.25, 0.3) is 5.91 Å². The summed E-state index contributed by atoms with van der Waals surface area (Å²) in [6, 6.07) is 9.85. The number of H-pyrrole nitrogens is 1. The molecule has 2 aliphatic rings. The Hall–Kier alpha value is -2.56. The molecule has 5 heteroatoms. The van der Waals surface area contributed by atoms with Crippen molar-refractivity contribution in [2.24, 2.45) is 0 Å². The number of carbonyl (C=O) groups excluding carboxylic acids is 1. The molecule has 1 atom stereocenters. The zero-order chi connectivity index (χ0) is 15.6. The molecule has 1 unspecified atom stereocenters. The Bertz CT molecular complexity index is 736. The molecule has 1 saturated heterocycles. The number of piperidine rings is 1. The van der Waals surface area contributed by atoms with Crippen LogP contribution >= 0.6 is 0 Å². The number of ether oxygens (including phenoxy) is 1. The van der Waals surface area contributed by atoms with E-state index in [0.717, 1.165) is 48.4 Å². The summed E-state index contributed by atoms with van der Waals surface area (Å²) < 4.78 is 5.74. The van der Waals surface area contributed by atoms with Crippen LogP contribution in [0.1, 0.15) is 36.6 Å². The Morgan fingerprint density at radius 3 is 3.04 bits per heavy atom. The van der Waals surface area contributed by atoms with E-state index >= 15 is 0 Å². The monoisotopic (exact) mass is 309 g/mol. The maximum absolute atomic E-state index is 13.0. The summed E-state index contributed by atoms with van der Waals surface area (Å²) in [5.41, 5.74) is 2.70. The third-order valence-electron chi connectivity index (χ3n) is 4.55. The van der Waals surface area contributed by atoms with Gasteiger partial charge in [0.05, 0.1) is 17.3 Å². The van der Waals surface area contributed by atoms with Crippen LogP contribution in [0.5, 0.6) is 5.75 Å². The number of fused-ring (bicyclic) bond motifs is 1. The van der Waals surface area contributed by atoms with Crippen molar-refractivity contribution in [3.8, 4) is 5.75 Å². The van der Waals surface area contributed by atoms with Crippen molar-refractivity contribution in [2.45, 2.75) is 25.3 Å². The maximum Gasteiger partial charge on any atom is 0.253 e. The van der Waals surface area contributed by atoms with E-state index in [2.05, 4.69) is 10.2 Å². The van der Waals surface area contributed by atoms with E-state index in [1.807, 2.05) is 41.3 Å². The molecule has 23 heavy (non-hydrogen) atoms. The molecule has 118 valence electrons.